The second-order valence-electron chi connectivity index (χ2n) is 5.85. The van der Waals surface area contributed by atoms with Gasteiger partial charge < -0.3 is 15.0 Å². The van der Waals surface area contributed by atoms with Crippen molar-refractivity contribution in [3.8, 4) is 0 Å². The van der Waals surface area contributed by atoms with Crippen LogP contribution in [0.3, 0.4) is 0 Å². The molecule has 2 heterocycles. The lowest BCUT2D eigenvalue weighted by molar-refractivity contribution is 0.0853. The van der Waals surface area contributed by atoms with Gasteiger partial charge >= 0.3 is 0 Å². The van der Waals surface area contributed by atoms with E-state index in [-0.39, 0.29) is 0 Å². The highest BCUT2D eigenvalue weighted by Gasteiger charge is 2.19. The van der Waals surface area contributed by atoms with Crippen LogP contribution in [-0.4, -0.2) is 42.8 Å². The van der Waals surface area contributed by atoms with E-state index in [9.17, 15) is 0 Å². The van der Waals surface area contributed by atoms with Gasteiger partial charge in [0.1, 0.15) is 5.82 Å². The molecule has 0 spiro atoms. The van der Waals surface area contributed by atoms with E-state index in [0.717, 1.165) is 50.7 Å². The molecule has 0 atom stereocenters. The number of rotatable bonds is 6. The van der Waals surface area contributed by atoms with Crippen molar-refractivity contribution in [3.05, 3.63) is 18.1 Å². The molecule has 1 fully saturated rings. The number of nitrogens with one attached hydrogen (secondary N) is 1. The van der Waals surface area contributed by atoms with Crippen LogP contribution in [0.1, 0.15) is 32.4 Å². The fraction of sp³-hybridized carbons (Fsp3) is 0.733. The van der Waals surface area contributed by atoms with Crippen molar-refractivity contribution in [1.82, 2.24) is 15.3 Å². The van der Waals surface area contributed by atoms with Crippen LogP contribution in [0.5, 0.6) is 0 Å². The van der Waals surface area contributed by atoms with E-state index in [0.29, 0.717) is 12.0 Å². The van der Waals surface area contributed by atoms with Crippen molar-refractivity contribution >= 4 is 5.82 Å². The fourth-order valence-corrected chi connectivity index (χ4v) is 2.37. The molecule has 1 aromatic rings. The fourth-order valence-electron chi connectivity index (χ4n) is 2.37. The van der Waals surface area contributed by atoms with Crippen LogP contribution in [0.4, 0.5) is 5.82 Å². The molecule has 0 amide bonds. The zero-order valence-electron chi connectivity index (χ0n) is 12.8. The largest absolute Gasteiger partial charge is 0.381 e. The first-order chi connectivity index (χ1) is 9.66. The standard InChI is InChI=1S/C15H26N4O/c1-12(2)8-16-9-13-10-18-15(11-17-13)19(3)14-4-6-20-7-5-14/h10-12,14,16H,4-9H2,1-3H3. The van der Waals surface area contributed by atoms with Crippen LogP contribution < -0.4 is 10.2 Å². The Morgan fingerprint density at radius 3 is 2.65 bits per heavy atom. The number of anilines is 1. The molecule has 0 aliphatic carbocycles. The molecule has 1 N–H and O–H groups in total. The molecule has 112 valence electrons. The van der Waals surface area contributed by atoms with Crippen molar-refractivity contribution < 1.29 is 4.74 Å². The van der Waals surface area contributed by atoms with E-state index in [1.165, 1.54) is 0 Å². The average Bonchev–Trinajstić information content (AvgIpc) is 2.48. The van der Waals surface area contributed by atoms with Gasteiger partial charge in [-0.25, -0.2) is 4.98 Å². The Morgan fingerprint density at radius 2 is 2.05 bits per heavy atom. The second kappa shape index (κ2) is 7.55. The van der Waals surface area contributed by atoms with Crippen molar-refractivity contribution in [2.45, 2.75) is 39.3 Å². The summed E-state index contributed by atoms with van der Waals surface area (Å²) < 4.78 is 5.40. The summed E-state index contributed by atoms with van der Waals surface area (Å²) in [6.45, 7) is 7.88. The van der Waals surface area contributed by atoms with Gasteiger partial charge in [-0.2, -0.15) is 0 Å². The highest BCUT2D eigenvalue weighted by Crippen LogP contribution is 2.18. The Bertz CT molecular complexity index is 387. The summed E-state index contributed by atoms with van der Waals surface area (Å²) in [6, 6.07) is 0.517. The minimum atomic E-state index is 0.517. The predicted molar refractivity (Wildman–Crippen MR) is 80.8 cm³/mol. The third-order valence-corrected chi connectivity index (χ3v) is 3.65. The van der Waals surface area contributed by atoms with Crippen LogP contribution in [0.25, 0.3) is 0 Å². The average molecular weight is 278 g/mol. The number of aromatic nitrogens is 2. The number of hydrogen-bond donors (Lipinski definition) is 1. The molecule has 1 aromatic heterocycles. The summed E-state index contributed by atoms with van der Waals surface area (Å²) in [6.07, 6.45) is 5.88. The van der Waals surface area contributed by atoms with Gasteiger partial charge in [0, 0.05) is 32.8 Å². The number of ether oxygens (including phenoxy) is 1. The van der Waals surface area contributed by atoms with Crippen LogP contribution >= 0.6 is 0 Å². The van der Waals surface area contributed by atoms with E-state index in [1.54, 1.807) is 0 Å². The summed E-state index contributed by atoms with van der Waals surface area (Å²) in [5.74, 6) is 1.60. The van der Waals surface area contributed by atoms with E-state index >= 15 is 0 Å². The Balaban J connectivity index is 1.86. The molecule has 5 nitrogen and oxygen atoms in total. The maximum absolute atomic E-state index is 5.40. The molecule has 1 aliphatic heterocycles. The molecule has 20 heavy (non-hydrogen) atoms. The first kappa shape index (κ1) is 15.2. The van der Waals surface area contributed by atoms with E-state index in [4.69, 9.17) is 4.74 Å². The van der Waals surface area contributed by atoms with Gasteiger partial charge in [-0.05, 0) is 25.3 Å². The molecule has 5 heteroatoms. The molecule has 0 aromatic carbocycles. The molecular formula is C15H26N4O. The van der Waals surface area contributed by atoms with E-state index in [2.05, 4.69) is 41.1 Å². The van der Waals surface area contributed by atoms with Gasteiger partial charge in [-0.1, -0.05) is 13.8 Å². The highest BCUT2D eigenvalue weighted by molar-refractivity contribution is 5.36. The molecular weight excluding hydrogens is 252 g/mol. The van der Waals surface area contributed by atoms with Crippen LogP contribution in [0.15, 0.2) is 12.4 Å². The lowest BCUT2D eigenvalue weighted by Crippen LogP contribution is -2.37. The topological polar surface area (TPSA) is 50.3 Å². The van der Waals surface area contributed by atoms with Gasteiger partial charge in [-0.15, -0.1) is 0 Å². The summed E-state index contributed by atoms with van der Waals surface area (Å²) >= 11 is 0. The van der Waals surface area contributed by atoms with Gasteiger partial charge in [0.05, 0.1) is 18.1 Å². The first-order valence-electron chi connectivity index (χ1n) is 7.49. The third-order valence-electron chi connectivity index (χ3n) is 3.65. The lowest BCUT2D eigenvalue weighted by Gasteiger charge is -2.31. The van der Waals surface area contributed by atoms with Gasteiger partial charge in [-0.3, -0.25) is 4.98 Å². The normalized spacial score (nSPS) is 16.6. The monoisotopic (exact) mass is 278 g/mol. The molecule has 0 radical (unpaired) electrons. The predicted octanol–water partition coefficient (Wildman–Crippen LogP) is 1.84. The van der Waals surface area contributed by atoms with Crippen molar-refractivity contribution in [1.29, 1.82) is 0 Å². The Kier molecular flexibility index (Phi) is 5.73. The van der Waals surface area contributed by atoms with Crippen LogP contribution in [0.2, 0.25) is 0 Å². The summed E-state index contributed by atoms with van der Waals surface area (Å²) in [5.41, 5.74) is 0.995. The van der Waals surface area contributed by atoms with Gasteiger partial charge in [0.2, 0.25) is 0 Å². The van der Waals surface area contributed by atoms with E-state index < -0.39 is 0 Å². The SMILES string of the molecule is CC(C)CNCc1cnc(N(C)C2CCOCC2)cn1. The van der Waals surface area contributed by atoms with Crippen molar-refractivity contribution in [3.63, 3.8) is 0 Å². The molecule has 0 bridgehead atoms. The van der Waals surface area contributed by atoms with Gasteiger partial charge in [0.15, 0.2) is 0 Å². The Labute approximate surface area is 121 Å². The minimum Gasteiger partial charge on any atom is -0.381 e. The zero-order valence-corrected chi connectivity index (χ0v) is 12.8. The third kappa shape index (κ3) is 4.42. The molecule has 1 saturated heterocycles. The summed E-state index contributed by atoms with van der Waals surface area (Å²) in [7, 11) is 2.09. The maximum Gasteiger partial charge on any atom is 0.147 e. The molecule has 0 unspecified atom stereocenters. The van der Waals surface area contributed by atoms with Crippen LogP contribution in [0, 0.1) is 5.92 Å². The number of nitrogens with zero attached hydrogens (tertiary/aromatic N) is 3. The van der Waals surface area contributed by atoms with E-state index in [1.807, 2.05) is 12.4 Å². The maximum atomic E-state index is 5.40. The van der Waals surface area contributed by atoms with Gasteiger partial charge in [0.25, 0.3) is 0 Å². The molecule has 0 saturated carbocycles. The Hall–Kier alpha value is -1.20. The smallest absolute Gasteiger partial charge is 0.147 e. The molecule has 1 aliphatic rings. The van der Waals surface area contributed by atoms with Crippen LogP contribution in [-0.2, 0) is 11.3 Å². The Morgan fingerprint density at radius 1 is 1.30 bits per heavy atom. The highest BCUT2D eigenvalue weighted by atomic mass is 16.5. The first-order valence-corrected chi connectivity index (χ1v) is 7.49. The molecule has 2 rings (SSSR count). The summed E-state index contributed by atoms with van der Waals surface area (Å²) in [5, 5.41) is 3.38. The lowest BCUT2D eigenvalue weighted by atomic mass is 10.1. The van der Waals surface area contributed by atoms with Crippen molar-refractivity contribution in [2.75, 3.05) is 31.7 Å². The minimum absolute atomic E-state index is 0.517. The second-order valence-corrected chi connectivity index (χ2v) is 5.85. The number of hydrogen-bond acceptors (Lipinski definition) is 5. The quantitative estimate of drug-likeness (QED) is 0.860. The zero-order chi connectivity index (χ0) is 14.4. The van der Waals surface area contributed by atoms with Crippen molar-refractivity contribution in [2.24, 2.45) is 5.92 Å². The summed E-state index contributed by atoms with van der Waals surface area (Å²) in [4.78, 5) is 11.3.